The molecule has 0 spiro atoms. The highest BCUT2D eigenvalue weighted by molar-refractivity contribution is 5.22. The minimum Gasteiger partial charge on any atom is -0.373 e. The quantitative estimate of drug-likeness (QED) is 0.709. The summed E-state index contributed by atoms with van der Waals surface area (Å²) < 4.78 is 32.3. The highest BCUT2D eigenvalue weighted by Crippen LogP contribution is 2.36. The van der Waals surface area contributed by atoms with Crippen molar-refractivity contribution < 1.29 is 13.5 Å². The largest absolute Gasteiger partial charge is 0.373 e. The van der Waals surface area contributed by atoms with Gasteiger partial charge in [0, 0.05) is 12.2 Å². The third-order valence-electron chi connectivity index (χ3n) is 3.12. The van der Waals surface area contributed by atoms with E-state index in [0.29, 0.717) is 18.1 Å². The lowest BCUT2D eigenvalue weighted by Gasteiger charge is -2.33. The Balaban J connectivity index is 2.26. The van der Waals surface area contributed by atoms with Gasteiger partial charge in [-0.15, -0.1) is 0 Å². The molecule has 3 heteroatoms. The summed E-state index contributed by atoms with van der Waals surface area (Å²) in [4.78, 5) is 0. The third-order valence-corrected chi connectivity index (χ3v) is 3.12. The molecule has 88 valence electrons. The standard InChI is InChI=1S/C13H16F2O/c1-8-5-9(2)13(16-7-8)11-6-10(14)3-4-12(11)15/h3-4,6,8-9,13H,5,7H2,1-2H3/t8?,9?,13-/m0/s1. The molecule has 0 radical (unpaired) electrons. The van der Waals surface area contributed by atoms with Crippen LogP contribution in [0.2, 0.25) is 0 Å². The van der Waals surface area contributed by atoms with Crippen LogP contribution >= 0.6 is 0 Å². The lowest BCUT2D eigenvalue weighted by Crippen LogP contribution is -2.26. The van der Waals surface area contributed by atoms with Gasteiger partial charge in [0.05, 0.1) is 6.10 Å². The summed E-state index contributed by atoms with van der Waals surface area (Å²) in [7, 11) is 0. The van der Waals surface area contributed by atoms with Crippen molar-refractivity contribution in [2.24, 2.45) is 11.8 Å². The molecule has 1 heterocycles. The third kappa shape index (κ3) is 2.24. The summed E-state index contributed by atoms with van der Waals surface area (Å²) in [5.41, 5.74) is 0.347. The molecule has 2 rings (SSSR count). The molecule has 0 amide bonds. The number of hydrogen-bond acceptors (Lipinski definition) is 1. The molecule has 1 nitrogen and oxygen atoms in total. The van der Waals surface area contributed by atoms with Crippen LogP contribution in [0, 0.1) is 23.5 Å². The van der Waals surface area contributed by atoms with Gasteiger partial charge in [-0.1, -0.05) is 13.8 Å². The fourth-order valence-electron chi connectivity index (χ4n) is 2.39. The molecule has 1 aliphatic rings. The van der Waals surface area contributed by atoms with E-state index in [2.05, 4.69) is 6.92 Å². The Bertz CT molecular complexity index is 378. The predicted octanol–water partition coefficient (Wildman–Crippen LogP) is 3.70. The van der Waals surface area contributed by atoms with Crippen LogP contribution in [0.4, 0.5) is 8.78 Å². The first-order chi connectivity index (χ1) is 7.58. The topological polar surface area (TPSA) is 9.23 Å². The Morgan fingerprint density at radius 3 is 2.69 bits per heavy atom. The van der Waals surface area contributed by atoms with Gasteiger partial charge in [-0.25, -0.2) is 8.78 Å². The molecular formula is C13H16F2O. The molecule has 0 bridgehead atoms. The van der Waals surface area contributed by atoms with Crippen molar-refractivity contribution >= 4 is 0 Å². The van der Waals surface area contributed by atoms with Crippen molar-refractivity contribution in [3.05, 3.63) is 35.4 Å². The van der Waals surface area contributed by atoms with Crippen molar-refractivity contribution in [3.8, 4) is 0 Å². The van der Waals surface area contributed by atoms with E-state index in [1.807, 2.05) is 6.92 Å². The maximum Gasteiger partial charge on any atom is 0.129 e. The second-order valence-corrected chi connectivity index (χ2v) is 4.74. The van der Waals surface area contributed by atoms with E-state index >= 15 is 0 Å². The van der Waals surface area contributed by atoms with E-state index in [0.717, 1.165) is 12.5 Å². The molecule has 3 atom stereocenters. The Kier molecular flexibility index (Phi) is 3.24. The fraction of sp³-hybridized carbons (Fsp3) is 0.538. The average Bonchev–Trinajstić information content (AvgIpc) is 2.22. The molecular weight excluding hydrogens is 210 g/mol. The van der Waals surface area contributed by atoms with E-state index in [9.17, 15) is 8.78 Å². The minimum absolute atomic E-state index is 0.222. The first-order valence-corrected chi connectivity index (χ1v) is 5.64. The summed E-state index contributed by atoms with van der Waals surface area (Å²) in [6.07, 6.45) is 0.674. The van der Waals surface area contributed by atoms with Crippen LogP contribution in [0.5, 0.6) is 0 Å². The van der Waals surface area contributed by atoms with Gasteiger partial charge in [-0.05, 0) is 36.5 Å². The molecule has 0 saturated carbocycles. The van der Waals surface area contributed by atoms with E-state index in [-0.39, 0.29) is 17.8 Å². The monoisotopic (exact) mass is 226 g/mol. The van der Waals surface area contributed by atoms with Crippen LogP contribution in [-0.2, 0) is 4.74 Å². The lowest BCUT2D eigenvalue weighted by molar-refractivity contribution is -0.0500. The number of hydrogen-bond donors (Lipinski definition) is 0. The summed E-state index contributed by atoms with van der Waals surface area (Å²) in [5, 5.41) is 0. The Morgan fingerprint density at radius 2 is 2.00 bits per heavy atom. The van der Waals surface area contributed by atoms with Gasteiger partial charge in [0.1, 0.15) is 11.6 Å². The molecule has 2 unspecified atom stereocenters. The Labute approximate surface area is 94.4 Å². The van der Waals surface area contributed by atoms with Gasteiger partial charge < -0.3 is 4.74 Å². The maximum absolute atomic E-state index is 13.6. The zero-order valence-corrected chi connectivity index (χ0v) is 9.54. The molecule has 1 aromatic carbocycles. The lowest BCUT2D eigenvalue weighted by atomic mass is 9.86. The summed E-state index contributed by atoms with van der Waals surface area (Å²) in [6.45, 7) is 4.74. The maximum atomic E-state index is 13.6. The van der Waals surface area contributed by atoms with E-state index < -0.39 is 5.82 Å². The Morgan fingerprint density at radius 1 is 1.25 bits per heavy atom. The van der Waals surface area contributed by atoms with Crippen LogP contribution in [0.25, 0.3) is 0 Å². The zero-order chi connectivity index (χ0) is 11.7. The first kappa shape index (κ1) is 11.5. The van der Waals surface area contributed by atoms with E-state index in [4.69, 9.17) is 4.74 Å². The van der Waals surface area contributed by atoms with Crippen LogP contribution in [0.15, 0.2) is 18.2 Å². The van der Waals surface area contributed by atoms with Crippen molar-refractivity contribution in [1.29, 1.82) is 0 Å². The van der Waals surface area contributed by atoms with Crippen LogP contribution in [0.3, 0.4) is 0 Å². The van der Waals surface area contributed by atoms with Crippen molar-refractivity contribution in [1.82, 2.24) is 0 Å². The molecule has 1 saturated heterocycles. The van der Waals surface area contributed by atoms with Crippen LogP contribution < -0.4 is 0 Å². The molecule has 0 aromatic heterocycles. The van der Waals surface area contributed by atoms with Gasteiger partial charge in [0.25, 0.3) is 0 Å². The second kappa shape index (κ2) is 4.50. The smallest absolute Gasteiger partial charge is 0.129 e. The minimum atomic E-state index is -0.411. The van der Waals surface area contributed by atoms with Gasteiger partial charge in [0.2, 0.25) is 0 Å². The van der Waals surface area contributed by atoms with Crippen LogP contribution in [0.1, 0.15) is 31.9 Å². The van der Waals surface area contributed by atoms with Gasteiger partial charge in [-0.2, -0.15) is 0 Å². The average molecular weight is 226 g/mol. The van der Waals surface area contributed by atoms with Crippen molar-refractivity contribution in [2.75, 3.05) is 6.61 Å². The molecule has 0 aliphatic carbocycles. The van der Waals surface area contributed by atoms with Gasteiger partial charge >= 0.3 is 0 Å². The van der Waals surface area contributed by atoms with Gasteiger partial charge in [0.15, 0.2) is 0 Å². The van der Waals surface area contributed by atoms with Gasteiger partial charge in [-0.3, -0.25) is 0 Å². The van der Waals surface area contributed by atoms with E-state index in [1.165, 1.54) is 12.1 Å². The number of ether oxygens (including phenoxy) is 1. The summed E-state index contributed by atoms with van der Waals surface area (Å²) >= 11 is 0. The molecule has 1 aliphatic heterocycles. The number of halogens is 2. The summed E-state index contributed by atoms with van der Waals surface area (Å²) in [5.74, 6) is -0.0819. The van der Waals surface area contributed by atoms with Crippen molar-refractivity contribution in [3.63, 3.8) is 0 Å². The van der Waals surface area contributed by atoms with E-state index in [1.54, 1.807) is 0 Å². The zero-order valence-electron chi connectivity index (χ0n) is 9.54. The van der Waals surface area contributed by atoms with Crippen molar-refractivity contribution in [2.45, 2.75) is 26.4 Å². The predicted molar refractivity (Wildman–Crippen MR) is 58.0 cm³/mol. The molecule has 0 N–H and O–H groups in total. The molecule has 1 fully saturated rings. The first-order valence-electron chi connectivity index (χ1n) is 5.64. The molecule has 1 aromatic rings. The highest BCUT2D eigenvalue weighted by Gasteiger charge is 2.29. The van der Waals surface area contributed by atoms with Crippen LogP contribution in [-0.4, -0.2) is 6.61 Å². The molecule has 16 heavy (non-hydrogen) atoms. The number of benzene rings is 1. The summed E-state index contributed by atoms with van der Waals surface area (Å²) in [6, 6.07) is 3.54. The number of rotatable bonds is 1. The normalized spacial score (nSPS) is 30.4. The SMILES string of the molecule is CC1CO[C@H](c2cc(F)ccc2F)C(C)C1. The highest BCUT2D eigenvalue weighted by atomic mass is 19.1. The fourth-order valence-corrected chi connectivity index (χ4v) is 2.39. The Hall–Kier alpha value is -0.960. The second-order valence-electron chi connectivity index (χ2n) is 4.74.